The average Bonchev–Trinajstić information content (AvgIpc) is 2.37. The van der Waals surface area contributed by atoms with Gasteiger partial charge < -0.3 is 15.3 Å². The Labute approximate surface area is 115 Å². The number of phenolic OH excluding ortho intramolecular Hbond substituents is 3. The molecule has 19 heavy (non-hydrogen) atoms. The summed E-state index contributed by atoms with van der Waals surface area (Å²) in [5, 5.41) is 29.9. The van der Waals surface area contributed by atoms with E-state index in [2.05, 4.69) is 13.8 Å². The number of hydrogen-bond acceptors (Lipinski definition) is 3. The molecule has 3 heteroatoms. The van der Waals surface area contributed by atoms with Crippen molar-refractivity contribution in [1.82, 2.24) is 0 Å². The highest BCUT2D eigenvalue weighted by Gasteiger charge is 2.16. The van der Waals surface area contributed by atoms with Crippen LogP contribution in [0.5, 0.6) is 17.2 Å². The second-order valence-corrected chi connectivity index (χ2v) is 5.13. The molecule has 0 bridgehead atoms. The molecule has 0 aliphatic heterocycles. The summed E-state index contributed by atoms with van der Waals surface area (Å²) >= 11 is 0. The van der Waals surface area contributed by atoms with E-state index in [1.807, 2.05) is 0 Å². The molecule has 3 nitrogen and oxygen atoms in total. The van der Waals surface area contributed by atoms with E-state index in [4.69, 9.17) is 0 Å². The van der Waals surface area contributed by atoms with Gasteiger partial charge in [-0.1, -0.05) is 39.5 Å². The Morgan fingerprint density at radius 3 is 1.53 bits per heavy atom. The molecule has 1 rings (SSSR count). The van der Waals surface area contributed by atoms with Crippen LogP contribution in [-0.4, -0.2) is 15.3 Å². The van der Waals surface area contributed by atoms with E-state index in [9.17, 15) is 15.3 Å². The minimum Gasteiger partial charge on any atom is -0.507 e. The summed E-state index contributed by atoms with van der Waals surface area (Å²) in [4.78, 5) is 0. The van der Waals surface area contributed by atoms with Crippen molar-refractivity contribution in [1.29, 1.82) is 0 Å². The second-order valence-electron chi connectivity index (χ2n) is 5.13. The van der Waals surface area contributed by atoms with E-state index in [0.29, 0.717) is 24.0 Å². The molecule has 0 saturated carbocycles. The fourth-order valence-corrected chi connectivity index (χ4v) is 2.32. The Hall–Kier alpha value is -1.38. The number of hydrogen-bond donors (Lipinski definition) is 3. The summed E-state index contributed by atoms with van der Waals surface area (Å²) in [6.45, 7) is 4.24. The van der Waals surface area contributed by atoms with Gasteiger partial charge >= 0.3 is 0 Å². The number of benzene rings is 1. The molecule has 0 spiro atoms. The minimum absolute atomic E-state index is 0.00495. The van der Waals surface area contributed by atoms with Gasteiger partial charge in [-0.2, -0.15) is 0 Å². The predicted octanol–water partition coefficient (Wildman–Crippen LogP) is 4.27. The van der Waals surface area contributed by atoms with Gasteiger partial charge in [0.25, 0.3) is 0 Å². The van der Waals surface area contributed by atoms with Gasteiger partial charge in [-0.15, -0.1) is 0 Å². The number of rotatable bonds is 8. The second kappa shape index (κ2) is 7.93. The third-order valence-electron chi connectivity index (χ3n) is 3.52. The maximum atomic E-state index is 10.2. The quantitative estimate of drug-likeness (QED) is 0.616. The lowest BCUT2D eigenvalue weighted by molar-refractivity contribution is 0.408. The van der Waals surface area contributed by atoms with E-state index >= 15 is 0 Å². The molecule has 0 heterocycles. The third kappa shape index (κ3) is 4.34. The van der Waals surface area contributed by atoms with Crippen LogP contribution < -0.4 is 0 Å². The summed E-state index contributed by atoms with van der Waals surface area (Å²) in [6, 6.07) is 1.36. The lowest BCUT2D eigenvalue weighted by atomic mass is 9.97. The zero-order valence-corrected chi connectivity index (χ0v) is 12.1. The third-order valence-corrected chi connectivity index (χ3v) is 3.52. The van der Waals surface area contributed by atoms with Crippen LogP contribution in [0.15, 0.2) is 6.07 Å². The van der Waals surface area contributed by atoms with Crippen LogP contribution in [0, 0.1) is 0 Å². The van der Waals surface area contributed by atoms with E-state index < -0.39 is 0 Å². The van der Waals surface area contributed by atoms with E-state index in [0.717, 1.165) is 38.5 Å². The topological polar surface area (TPSA) is 60.7 Å². The van der Waals surface area contributed by atoms with Crippen LogP contribution in [0.2, 0.25) is 0 Å². The molecule has 0 aliphatic rings. The largest absolute Gasteiger partial charge is 0.507 e. The first-order valence-electron chi connectivity index (χ1n) is 7.37. The van der Waals surface area contributed by atoms with Crippen molar-refractivity contribution >= 4 is 0 Å². The molecule has 0 saturated heterocycles. The van der Waals surface area contributed by atoms with Crippen LogP contribution in [-0.2, 0) is 12.8 Å². The van der Waals surface area contributed by atoms with Crippen molar-refractivity contribution in [3.63, 3.8) is 0 Å². The van der Waals surface area contributed by atoms with Gasteiger partial charge in [0.05, 0.1) is 0 Å². The van der Waals surface area contributed by atoms with Crippen molar-refractivity contribution in [2.45, 2.75) is 65.2 Å². The Balaban J connectivity index is 2.87. The van der Waals surface area contributed by atoms with Crippen molar-refractivity contribution in [3.05, 3.63) is 17.2 Å². The highest BCUT2D eigenvalue weighted by atomic mass is 16.3. The minimum atomic E-state index is 0.00495. The Bertz CT molecular complexity index is 365. The molecule has 0 radical (unpaired) electrons. The number of aromatic hydroxyl groups is 3. The Morgan fingerprint density at radius 1 is 0.737 bits per heavy atom. The van der Waals surface area contributed by atoms with Crippen LogP contribution in [0.25, 0.3) is 0 Å². The normalized spacial score (nSPS) is 10.8. The maximum Gasteiger partial charge on any atom is 0.129 e. The lowest BCUT2D eigenvalue weighted by Crippen LogP contribution is -1.94. The van der Waals surface area contributed by atoms with Gasteiger partial charge in [-0.05, 0) is 25.7 Å². The van der Waals surface area contributed by atoms with Gasteiger partial charge in [0, 0.05) is 17.2 Å². The maximum absolute atomic E-state index is 10.2. The molecule has 108 valence electrons. The van der Waals surface area contributed by atoms with Crippen molar-refractivity contribution in [2.75, 3.05) is 0 Å². The Kier molecular flexibility index (Phi) is 6.54. The van der Waals surface area contributed by atoms with Crippen LogP contribution in [0.3, 0.4) is 0 Å². The summed E-state index contributed by atoms with van der Waals surface area (Å²) in [5.41, 5.74) is 1.16. The first kappa shape index (κ1) is 15.7. The number of phenols is 3. The summed E-state index contributed by atoms with van der Waals surface area (Å²) < 4.78 is 0. The van der Waals surface area contributed by atoms with Crippen molar-refractivity contribution < 1.29 is 15.3 Å². The molecule has 0 fully saturated rings. The molecular formula is C16H26O3. The molecule has 0 amide bonds. The van der Waals surface area contributed by atoms with Gasteiger partial charge in [0.15, 0.2) is 0 Å². The highest BCUT2D eigenvalue weighted by molar-refractivity contribution is 5.55. The highest BCUT2D eigenvalue weighted by Crippen LogP contribution is 2.39. The first-order chi connectivity index (χ1) is 9.11. The standard InChI is InChI=1S/C16H26O3/c1-3-5-7-9-12-14(17)11-15(18)13(16(12)19)10-8-6-4-2/h11,17-19H,3-10H2,1-2H3. The molecule has 3 N–H and O–H groups in total. The summed E-state index contributed by atoms with van der Waals surface area (Å²) in [5.74, 6) is 0.0976. The molecular weight excluding hydrogens is 240 g/mol. The van der Waals surface area contributed by atoms with E-state index in [1.54, 1.807) is 0 Å². The van der Waals surface area contributed by atoms with Crippen molar-refractivity contribution in [3.8, 4) is 17.2 Å². The first-order valence-corrected chi connectivity index (χ1v) is 7.37. The molecule has 0 aliphatic carbocycles. The summed E-state index contributed by atoms with van der Waals surface area (Å²) in [7, 11) is 0. The van der Waals surface area contributed by atoms with Gasteiger partial charge in [-0.25, -0.2) is 0 Å². The van der Waals surface area contributed by atoms with E-state index in [-0.39, 0.29) is 17.2 Å². The molecule has 1 aromatic carbocycles. The SMILES string of the molecule is CCCCCc1c(O)cc(O)c(CCCCC)c1O. The molecule has 0 unspecified atom stereocenters. The van der Waals surface area contributed by atoms with Gasteiger partial charge in [-0.3, -0.25) is 0 Å². The fraction of sp³-hybridized carbons (Fsp3) is 0.625. The molecule has 0 atom stereocenters. The van der Waals surface area contributed by atoms with Gasteiger partial charge in [0.2, 0.25) is 0 Å². The predicted molar refractivity (Wildman–Crippen MR) is 77.9 cm³/mol. The van der Waals surface area contributed by atoms with Crippen LogP contribution >= 0.6 is 0 Å². The van der Waals surface area contributed by atoms with Crippen LogP contribution in [0.4, 0.5) is 0 Å². The molecule has 1 aromatic rings. The zero-order chi connectivity index (χ0) is 14.3. The zero-order valence-electron chi connectivity index (χ0n) is 12.1. The summed E-state index contributed by atoms with van der Waals surface area (Å²) in [6.07, 6.45) is 7.55. The van der Waals surface area contributed by atoms with Crippen molar-refractivity contribution in [2.24, 2.45) is 0 Å². The smallest absolute Gasteiger partial charge is 0.129 e. The monoisotopic (exact) mass is 266 g/mol. The van der Waals surface area contributed by atoms with Gasteiger partial charge in [0.1, 0.15) is 17.2 Å². The number of unbranched alkanes of at least 4 members (excludes halogenated alkanes) is 4. The molecule has 0 aromatic heterocycles. The van der Waals surface area contributed by atoms with E-state index in [1.165, 1.54) is 6.07 Å². The van der Waals surface area contributed by atoms with Crippen LogP contribution in [0.1, 0.15) is 63.5 Å². The fourth-order valence-electron chi connectivity index (χ4n) is 2.32. The average molecular weight is 266 g/mol. The Morgan fingerprint density at radius 2 is 1.16 bits per heavy atom. The lowest BCUT2D eigenvalue weighted by Gasteiger charge is -2.13.